The highest BCUT2D eigenvalue weighted by molar-refractivity contribution is 5.91. The maximum atomic E-state index is 13.2. The van der Waals surface area contributed by atoms with Gasteiger partial charge in [-0.25, -0.2) is 14.4 Å². The molecule has 0 aliphatic carbocycles. The number of nitrogens with one attached hydrogen (secondary N) is 1. The van der Waals surface area contributed by atoms with E-state index < -0.39 is 0 Å². The Bertz CT molecular complexity index is 911. The van der Waals surface area contributed by atoms with Crippen molar-refractivity contribution in [2.45, 2.75) is 19.3 Å². The van der Waals surface area contributed by atoms with E-state index >= 15 is 0 Å². The van der Waals surface area contributed by atoms with Crippen LogP contribution in [0.25, 0.3) is 11.3 Å². The van der Waals surface area contributed by atoms with E-state index in [0.29, 0.717) is 19.7 Å². The minimum atomic E-state index is -0.295. The van der Waals surface area contributed by atoms with Crippen LogP contribution in [-0.2, 0) is 17.9 Å². The van der Waals surface area contributed by atoms with E-state index in [-0.39, 0.29) is 23.5 Å². The minimum absolute atomic E-state index is 0.198. The van der Waals surface area contributed by atoms with Crippen LogP contribution in [0.3, 0.4) is 0 Å². The maximum Gasteiger partial charge on any atom is 0.271 e. The van der Waals surface area contributed by atoms with E-state index in [0.717, 1.165) is 17.1 Å². The van der Waals surface area contributed by atoms with Gasteiger partial charge in [0.05, 0.1) is 30.7 Å². The van der Waals surface area contributed by atoms with E-state index in [9.17, 15) is 9.18 Å². The molecule has 1 unspecified atom stereocenters. The summed E-state index contributed by atoms with van der Waals surface area (Å²) < 4.78 is 21.0. The molecule has 0 saturated carbocycles. The highest BCUT2D eigenvalue weighted by Crippen LogP contribution is 2.25. The van der Waals surface area contributed by atoms with Crippen LogP contribution in [-0.4, -0.2) is 38.1 Å². The van der Waals surface area contributed by atoms with Gasteiger partial charge < -0.3 is 14.6 Å². The first-order valence-electron chi connectivity index (χ1n) is 8.17. The zero-order chi connectivity index (χ0) is 17.9. The van der Waals surface area contributed by atoms with Gasteiger partial charge >= 0.3 is 0 Å². The number of nitrogens with zero attached hydrogens (tertiary/aromatic N) is 4. The summed E-state index contributed by atoms with van der Waals surface area (Å²) in [5.74, 6) is 0.234. The average Bonchev–Trinajstić information content (AvgIpc) is 3.10. The van der Waals surface area contributed by atoms with Gasteiger partial charge in [0.1, 0.15) is 23.9 Å². The lowest BCUT2D eigenvalue weighted by molar-refractivity contribution is 0.00371. The molecule has 3 aromatic rings. The molecule has 7 nitrogen and oxygen atoms in total. The van der Waals surface area contributed by atoms with Crippen molar-refractivity contribution in [3.8, 4) is 11.3 Å². The van der Waals surface area contributed by atoms with Crippen LogP contribution < -0.4 is 5.32 Å². The summed E-state index contributed by atoms with van der Waals surface area (Å²) in [6.45, 7) is 1.24. The Hall–Kier alpha value is -3.13. The third-order valence-corrected chi connectivity index (χ3v) is 4.20. The number of ether oxygens (including phenoxy) is 1. The van der Waals surface area contributed by atoms with Crippen LogP contribution in [0.2, 0.25) is 0 Å². The van der Waals surface area contributed by atoms with Crippen molar-refractivity contribution in [3.63, 3.8) is 0 Å². The molecule has 0 spiro atoms. The Morgan fingerprint density at radius 3 is 2.85 bits per heavy atom. The molecular weight excluding hydrogens is 337 g/mol. The number of benzene rings is 1. The van der Waals surface area contributed by atoms with Crippen LogP contribution in [0.1, 0.15) is 16.3 Å². The zero-order valence-electron chi connectivity index (χ0n) is 13.8. The van der Waals surface area contributed by atoms with Crippen LogP contribution in [0.5, 0.6) is 0 Å². The van der Waals surface area contributed by atoms with E-state index in [1.54, 1.807) is 18.3 Å². The first-order chi connectivity index (χ1) is 12.7. The number of hydrogen-bond donors (Lipinski definition) is 1. The van der Waals surface area contributed by atoms with Crippen LogP contribution in [0.15, 0.2) is 49.1 Å². The van der Waals surface area contributed by atoms with Gasteiger partial charge in [-0.2, -0.15) is 0 Å². The smallest absolute Gasteiger partial charge is 0.271 e. The van der Waals surface area contributed by atoms with Crippen molar-refractivity contribution in [1.29, 1.82) is 0 Å². The summed E-state index contributed by atoms with van der Waals surface area (Å²) in [5.41, 5.74) is 2.04. The SMILES string of the molecule is O=C(NCC1Cn2c(-c3ccc(F)cc3)cnc2CO1)c1cnccn1. The van der Waals surface area contributed by atoms with Gasteiger partial charge in [-0.05, 0) is 29.8 Å². The quantitative estimate of drug-likeness (QED) is 0.774. The van der Waals surface area contributed by atoms with Crippen LogP contribution in [0.4, 0.5) is 4.39 Å². The minimum Gasteiger partial charge on any atom is -0.367 e. The van der Waals surface area contributed by atoms with Crippen molar-refractivity contribution in [2.24, 2.45) is 0 Å². The summed E-state index contributed by atoms with van der Waals surface area (Å²) in [7, 11) is 0. The molecular formula is C18H16FN5O2. The van der Waals surface area contributed by atoms with Crippen molar-refractivity contribution < 1.29 is 13.9 Å². The Labute approximate surface area is 148 Å². The Balaban J connectivity index is 1.45. The van der Waals surface area contributed by atoms with E-state index in [1.165, 1.54) is 30.7 Å². The molecule has 2 aromatic heterocycles. The van der Waals surface area contributed by atoms with Gasteiger partial charge in [0.25, 0.3) is 5.91 Å². The molecule has 0 fully saturated rings. The summed E-state index contributed by atoms with van der Waals surface area (Å²) in [6.07, 6.45) is 5.96. The van der Waals surface area contributed by atoms with E-state index in [1.807, 2.05) is 4.57 Å². The molecule has 3 heterocycles. The normalized spacial score (nSPS) is 16.1. The van der Waals surface area contributed by atoms with Crippen molar-refractivity contribution in [3.05, 3.63) is 66.4 Å². The maximum absolute atomic E-state index is 13.2. The fourth-order valence-electron chi connectivity index (χ4n) is 2.87. The van der Waals surface area contributed by atoms with E-state index in [4.69, 9.17) is 4.74 Å². The number of fused-ring (bicyclic) bond motifs is 1. The molecule has 4 rings (SSSR count). The molecule has 1 amide bonds. The molecule has 0 bridgehead atoms. The van der Waals surface area contributed by atoms with Gasteiger partial charge in [0.15, 0.2) is 0 Å². The van der Waals surface area contributed by atoms with Crippen molar-refractivity contribution in [1.82, 2.24) is 24.8 Å². The first-order valence-corrected chi connectivity index (χ1v) is 8.17. The molecule has 1 aromatic carbocycles. The second-order valence-corrected chi connectivity index (χ2v) is 5.91. The number of rotatable bonds is 4. The van der Waals surface area contributed by atoms with Crippen molar-refractivity contribution in [2.75, 3.05) is 6.54 Å². The number of aromatic nitrogens is 4. The lowest BCUT2D eigenvalue weighted by Gasteiger charge is -2.26. The summed E-state index contributed by atoms with van der Waals surface area (Å²) >= 11 is 0. The second kappa shape index (κ2) is 7.01. The zero-order valence-corrected chi connectivity index (χ0v) is 13.8. The Morgan fingerprint density at radius 2 is 2.08 bits per heavy atom. The van der Waals surface area contributed by atoms with E-state index in [2.05, 4.69) is 20.3 Å². The summed E-state index contributed by atoms with van der Waals surface area (Å²) in [6, 6.07) is 6.29. The topological polar surface area (TPSA) is 81.9 Å². The fourth-order valence-corrected chi connectivity index (χ4v) is 2.87. The number of imidazole rings is 1. The second-order valence-electron chi connectivity index (χ2n) is 5.91. The molecule has 0 radical (unpaired) electrons. The molecule has 26 heavy (non-hydrogen) atoms. The number of hydrogen-bond acceptors (Lipinski definition) is 5. The van der Waals surface area contributed by atoms with Gasteiger partial charge in [0, 0.05) is 18.9 Å². The molecule has 1 N–H and O–H groups in total. The van der Waals surface area contributed by atoms with Gasteiger partial charge in [-0.1, -0.05) is 0 Å². The van der Waals surface area contributed by atoms with Gasteiger partial charge in [-0.15, -0.1) is 0 Å². The summed E-state index contributed by atoms with van der Waals surface area (Å²) in [5, 5.41) is 2.81. The first kappa shape index (κ1) is 16.3. The monoisotopic (exact) mass is 353 g/mol. The molecule has 132 valence electrons. The summed E-state index contributed by atoms with van der Waals surface area (Å²) in [4.78, 5) is 24.3. The predicted molar refractivity (Wildman–Crippen MR) is 90.6 cm³/mol. The number of amides is 1. The van der Waals surface area contributed by atoms with Gasteiger partial charge in [-0.3, -0.25) is 9.78 Å². The van der Waals surface area contributed by atoms with Crippen LogP contribution in [0, 0.1) is 5.82 Å². The molecule has 0 saturated heterocycles. The largest absolute Gasteiger partial charge is 0.367 e. The van der Waals surface area contributed by atoms with Crippen LogP contribution >= 0.6 is 0 Å². The van der Waals surface area contributed by atoms with Gasteiger partial charge in [0.2, 0.25) is 0 Å². The molecule has 8 heteroatoms. The fraction of sp³-hybridized carbons (Fsp3) is 0.222. The lowest BCUT2D eigenvalue weighted by atomic mass is 10.1. The highest BCUT2D eigenvalue weighted by atomic mass is 19.1. The molecule has 1 aliphatic heterocycles. The Morgan fingerprint density at radius 1 is 1.23 bits per heavy atom. The number of carbonyl (C=O) groups excluding carboxylic acids is 1. The predicted octanol–water partition coefficient (Wildman–Crippen LogP) is 1.81. The lowest BCUT2D eigenvalue weighted by Crippen LogP contribution is -2.39. The third kappa shape index (κ3) is 3.31. The average molecular weight is 353 g/mol. The van der Waals surface area contributed by atoms with Crippen molar-refractivity contribution >= 4 is 5.91 Å². The molecule has 1 aliphatic rings. The third-order valence-electron chi connectivity index (χ3n) is 4.20. The standard InChI is InChI=1S/C18H16FN5O2/c19-13-3-1-12(2-4-13)16-9-22-17-11-26-14(10-24(16)17)7-23-18(25)15-8-20-5-6-21-15/h1-6,8-9,14H,7,10-11H2,(H,23,25). The highest BCUT2D eigenvalue weighted by Gasteiger charge is 2.23. The molecule has 1 atom stereocenters. The Kier molecular flexibility index (Phi) is 4.40. The number of halogens is 1. The number of carbonyl (C=O) groups is 1.